The van der Waals surface area contributed by atoms with Gasteiger partial charge < -0.3 is 99.8 Å². The molecule has 0 spiro atoms. The van der Waals surface area contributed by atoms with E-state index >= 15 is 0 Å². The summed E-state index contributed by atoms with van der Waals surface area (Å²) in [6.07, 6.45) is 21.3. The van der Waals surface area contributed by atoms with Crippen LogP contribution in [0.4, 0.5) is 0 Å². The lowest BCUT2D eigenvalue weighted by Crippen LogP contribution is -2.09. The fourth-order valence-corrected chi connectivity index (χ4v) is 7.66. The van der Waals surface area contributed by atoms with E-state index in [2.05, 4.69) is 6.92 Å². The third-order valence-corrected chi connectivity index (χ3v) is 12.3. The van der Waals surface area contributed by atoms with Crippen LogP contribution >= 0.6 is 0 Å². The molecule has 0 fully saturated rings. The highest BCUT2D eigenvalue weighted by atomic mass is 16.5. The van der Waals surface area contributed by atoms with Crippen molar-refractivity contribution in [3.05, 3.63) is 0 Å². The van der Waals surface area contributed by atoms with Crippen molar-refractivity contribution < 1.29 is 99.8 Å². The molecule has 0 aliphatic carbocycles. The van der Waals surface area contributed by atoms with Crippen LogP contribution in [0.5, 0.6) is 0 Å². The molecule has 0 aliphatic rings. The predicted molar refractivity (Wildman–Crippen MR) is 335 cm³/mol. The molecule has 0 radical (unpaired) electrons. The van der Waals surface area contributed by atoms with E-state index in [9.17, 15) is 0 Å². The van der Waals surface area contributed by atoms with Crippen molar-refractivity contribution >= 4 is 0 Å². The lowest BCUT2D eigenvalue weighted by molar-refractivity contribution is 0.0390. The molecule has 0 bridgehead atoms. The summed E-state index contributed by atoms with van der Waals surface area (Å²) in [6, 6.07) is 0. The maximum Gasteiger partial charge on any atom is 0.0488 e. The van der Waals surface area contributed by atoms with Crippen LogP contribution in [0.2, 0.25) is 0 Å². The van der Waals surface area contributed by atoms with Crippen LogP contribution in [-0.4, -0.2) is 276 Å². The smallest absolute Gasteiger partial charge is 0.0488 e. The number of hydrogen-bond donors (Lipinski definition) is 1. The summed E-state index contributed by atoms with van der Waals surface area (Å²) in [7, 11) is 0. The van der Waals surface area contributed by atoms with Crippen LogP contribution in [0.1, 0.15) is 155 Å². The Kier molecular flexibility index (Phi) is 83.3. The van der Waals surface area contributed by atoms with E-state index in [-0.39, 0.29) is 6.61 Å². The maximum absolute atomic E-state index is 8.71. The Morgan fingerprint density at radius 2 is 0.221 bits per heavy atom. The Morgan fingerprint density at radius 1 is 0.128 bits per heavy atom. The van der Waals surface area contributed by atoms with Gasteiger partial charge in [0.25, 0.3) is 0 Å². The van der Waals surface area contributed by atoms with Gasteiger partial charge in [-0.25, -0.2) is 0 Å². The summed E-state index contributed by atoms with van der Waals surface area (Å²) in [5.41, 5.74) is 0. The summed E-state index contributed by atoms with van der Waals surface area (Å²) < 4.78 is 113. The molecule has 518 valence electrons. The molecule has 0 saturated carbocycles. The van der Waals surface area contributed by atoms with Crippen molar-refractivity contribution in [2.45, 2.75) is 155 Å². The lowest BCUT2D eigenvalue weighted by atomic mass is 10.3. The minimum atomic E-state index is 0.175. The number of aliphatic hydroxyl groups is 1. The van der Waals surface area contributed by atoms with Crippen molar-refractivity contribution in [1.82, 2.24) is 0 Å². The first-order valence-corrected chi connectivity index (χ1v) is 34.1. The largest absolute Gasteiger partial charge is 0.396 e. The highest BCUT2D eigenvalue weighted by molar-refractivity contribution is 4.48. The molecule has 21 heteroatoms. The van der Waals surface area contributed by atoms with Gasteiger partial charge >= 0.3 is 0 Å². The van der Waals surface area contributed by atoms with Crippen molar-refractivity contribution in [1.29, 1.82) is 0 Å². The van der Waals surface area contributed by atoms with Gasteiger partial charge in [-0.1, -0.05) is 19.8 Å². The highest BCUT2D eigenvalue weighted by Gasteiger charge is 2.02. The molecule has 0 amide bonds. The first kappa shape index (κ1) is 85.2. The Bertz CT molecular complexity index is 1060. The topological polar surface area (TPSA) is 205 Å². The van der Waals surface area contributed by atoms with Crippen LogP contribution in [0.15, 0.2) is 0 Å². The van der Waals surface area contributed by atoms with Crippen LogP contribution in [-0.2, 0) is 94.7 Å². The quantitative estimate of drug-likeness (QED) is 0.0563. The van der Waals surface area contributed by atoms with E-state index in [1.165, 1.54) is 12.8 Å². The minimum Gasteiger partial charge on any atom is -0.396 e. The van der Waals surface area contributed by atoms with Crippen LogP contribution in [0.3, 0.4) is 0 Å². The molecule has 1 N–H and O–H groups in total. The van der Waals surface area contributed by atoms with E-state index in [0.29, 0.717) is 224 Å². The summed E-state index contributed by atoms with van der Waals surface area (Å²) >= 11 is 0. The molecule has 0 unspecified atom stereocenters. The predicted octanol–water partition coefficient (Wildman–Crippen LogP) is 9.30. The standard InChI is InChI=1S/C65H132O21/c1-2-3-4-26-67-28-6-30-69-32-8-34-71-36-10-38-73-40-12-42-75-44-14-46-77-48-16-50-79-52-18-54-81-56-20-58-83-60-22-62-85-64-24-65-86-63-23-61-84-59-21-57-82-55-19-53-80-51-17-49-78-47-15-45-76-43-13-41-74-39-11-37-72-35-9-33-70-31-7-29-68-27-5-25-66/h66H,2-65H2,1H3. The SMILES string of the molecule is CCCCCOCCCOCCCOCCCOCCCOCCCOCCCOCCCOCCCOCCCOCCCOCCCOCCCOCCCOCCCOCCCOCCCOCCCOCCCOCCCOCCCO. The second kappa shape index (κ2) is 84.2. The van der Waals surface area contributed by atoms with Crippen molar-refractivity contribution in [3.8, 4) is 0 Å². The molecular weight excluding hydrogens is 1120 g/mol. The van der Waals surface area contributed by atoms with Crippen LogP contribution < -0.4 is 0 Å². The third kappa shape index (κ3) is 83.2. The van der Waals surface area contributed by atoms with Gasteiger partial charge in [0.05, 0.1) is 0 Å². The molecule has 0 rings (SSSR count). The molecule has 0 aromatic rings. The van der Waals surface area contributed by atoms with E-state index in [1.54, 1.807) is 0 Å². The summed E-state index contributed by atoms with van der Waals surface area (Å²) in [4.78, 5) is 0. The van der Waals surface area contributed by atoms with E-state index in [0.717, 1.165) is 175 Å². The molecular formula is C65H132O21. The molecule has 0 atom stereocenters. The van der Waals surface area contributed by atoms with E-state index in [4.69, 9.17) is 99.8 Å². The van der Waals surface area contributed by atoms with Gasteiger partial charge in [-0.3, -0.25) is 0 Å². The second-order valence-electron chi connectivity index (χ2n) is 20.7. The Balaban J connectivity index is 3.08. The zero-order valence-electron chi connectivity index (χ0n) is 54.9. The average Bonchev–Trinajstić information content (AvgIpc) is 3.52. The molecule has 21 nitrogen and oxygen atoms in total. The number of unbranched alkanes of at least 4 members (excludes halogenated alkanes) is 2. The van der Waals surface area contributed by atoms with Gasteiger partial charge in [0.2, 0.25) is 0 Å². The zero-order valence-corrected chi connectivity index (χ0v) is 54.9. The van der Waals surface area contributed by atoms with Gasteiger partial charge in [-0.15, -0.1) is 0 Å². The molecule has 0 heterocycles. The summed E-state index contributed by atoms with van der Waals surface area (Å²) in [5.74, 6) is 0. The fraction of sp³-hybridized carbons (Fsp3) is 1.00. The van der Waals surface area contributed by atoms with E-state index < -0.39 is 0 Å². The molecule has 0 aromatic carbocycles. The zero-order chi connectivity index (χ0) is 61.4. The number of ether oxygens (including phenoxy) is 20. The van der Waals surface area contributed by atoms with Gasteiger partial charge in [0.15, 0.2) is 0 Å². The Labute approximate surface area is 523 Å². The minimum absolute atomic E-state index is 0.175. The Hall–Kier alpha value is -0.840. The number of rotatable bonds is 83. The number of hydrogen-bond acceptors (Lipinski definition) is 21. The maximum atomic E-state index is 8.71. The first-order chi connectivity index (χ1) is 42.9. The normalized spacial score (nSPS) is 11.8. The van der Waals surface area contributed by atoms with Crippen LogP contribution in [0, 0.1) is 0 Å². The Morgan fingerprint density at radius 3 is 0.314 bits per heavy atom. The van der Waals surface area contributed by atoms with E-state index in [1.807, 2.05) is 0 Å². The van der Waals surface area contributed by atoms with Crippen molar-refractivity contribution in [2.75, 3.05) is 271 Å². The molecule has 86 heavy (non-hydrogen) atoms. The summed E-state index contributed by atoms with van der Waals surface area (Å²) in [6.45, 7) is 30.7. The number of aliphatic hydroxyl groups excluding tert-OH is 1. The third-order valence-electron chi connectivity index (χ3n) is 12.3. The average molecular weight is 1250 g/mol. The van der Waals surface area contributed by atoms with Crippen molar-refractivity contribution in [3.63, 3.8) is 0 Å². The van der Waals surface area contributed by atoms with Gasteiger partial charge in [0, 0.05) is 271 Å². The van der Waals surface area contributed by atoms with Gasteiger partial charge in [-0.2, -0.15) is 0 Å². The lowest BCUT2D eigenvalue weighted by Gasteiger charge is -2.08. The van der Waals surface area contributed by atoms with Gasteiger partial charge in [-0.05, 0) is 135 Å². The molecule has 0 saturated heterocycles. The second-order valence-corrected chi connectivity index (χ2v) is 20.7. The first-order valence-electron chi connectivity index (χ1n) is 34.1. The molecule has 0 aliphatic heterocycles. The molecule has 0 aromatic heterocycles. The fourth-order valence-electron chi connectivity index (χ4n) is 7.66. The van der Waals surface area contributed by atoms with Crippen LogP contribution in [0.25, 0.3) is 0 Å². The summed E-state index contributed by atoms with van der Waals surface area (Å²) in [5, 5.41) is 8.71. The highest BCUT2D eigenvalue weighted by Crippen LogP contribution is 2.01. The van der Waals surface area contributed by atoms with Crippen molar-refractivity contribution in [2.24, 2.45) is 0 Å². The van der Waals surface area contributed by atoms with Gasteiger partial charge in [0.1, 0.15) is 0 Å². The monoisotopic (exact) mass is 1250 g/mol.